The molecule has 0 N–H and O–H groups in total. The summed E-state index contributed by atoms with van der Waals surface area (Å²) in [6.45, 7) is 0.435. The zero-order valence-electron chi connectivity index (χ0n) is 14.1. The Labute approximate surface area is 146 Å². The van der Waals surface area contributed by atoms with E-state index in [-0.39, 0.29) is 25.0 Å². The third kappa shape index (κ3) is 3.07. The number of carbonyl (C=O) groups is 3. The second kappa shape index (κ2) is 6.93. The van der Waals surface area contributed by atoms with Crippen molar-refractivity contribution in [3.63, 3.8) is 0 Å². The van der Waals surface area contributed by atoms with Gasteiger partial charge in [-0.25, -0.2) is 9.59 Å². The Kier molecular flexibility index (Phi) is 4.70. The van der Waals surface area contributed by atoms with Crippen LogP contribution in [0.3, 0.4) is 0 Å². The van der Waals surface area contributed by atoms with E-state index in [0.717, 1.165) is 5.56 Å². The van der Waals surface area contributed by atoms with Crippen molar-refractivity contribution in [2.24, 2.45) is 0 Å². The molecule has 3 rings (SSSR count). The minimum atomic E-state index is -0.869. The molecule has 1 aromatic carbocycles. The van der Waals surface area contributed by atoms with Gasteiger partial charge in [-0.2, -0.15) is 0 Å². The van der Waals surface area contributed by atoms with Gasteiger partial charge >= 0.3 is 12.0 Å². The molecule has 0 unspecified atom stereocenters. The van der Waals surface area contributed by atoms with Crippen molar-refractivity contribution in [2.75, 3.05) is 13.7 Å². The van der Waals surface area contributed by atoms with Crippen LogP contribution >= 0.6 is 0 Å². The molecular weight excluding hydrogens is 320 g/mol. The summed E-state index contributed by atoms with van der Waals surface area (Å²) in [6, 6.07) is 9.10. The molecule has 1 spiro atoms. The van der Waals surface area contributed by atoms with E-state index in [2.05, 4.69) is 4.74 Å². The van der Waals surface area contributed by atoms with Crippen LogP contribution in [0.25, 0.3) is 0 Å². The number of ether oxygens (including phenoxy) is 1. The first kappa shape index (κ1) is 17.0. The van der Waals surface area contributed by atoms with Crippen LogP contribution in [0.5, 0.6) is 0 Å². The summed E-state index contributed by atoms with van der Waals surface area (Å²) in [5, 5.41) is 0. The number of nitrogens with zero attached hydrogens (tertiary/aromatic N) is 2. The third-order valence-electron chi connectivity index (χ3n) is 4.63. The van der Waals surface area contributed by atoms with E-state index in [1.807, 2.05) is 42.5 Å². The monoisotopic (exact) mass is 340 g/mol. The topological polar surface area (TPSA) is 66.9 Å². The van der Waals surface area contributed by atoms with Crippen molar-refractivity contribution >= 4 is 17.9 Å². The van der Waals surface area contributed by atoms with Gasteiger partial charge in [-0.3, -0.25) is 9.69 Å². The molecule has 0 saturated carbocycles. The summed E-state index contributed by atoms with van der Waals surface area (Å²) in [7, 11) is 1.29. The summed E-state index contributed by atoms with van der Waals surface area (Å²) in [5.74, 6) is -0.671. The minimum Gasteiger partial charge on any atom is -0.466 e. The molecule has 6 nitrogen and oxygen atoms in total. The number of urea groups is 1. The number of rotatable bonds is 5. The highest BCUT2D eigenvalue weighted by atomic mass is 16.5. The molecule has 1 fully saturated rings. The SMILES string of the molecule is COC(=O)/C=C/CN1C(=O)N(Cc2ccccc2)C(=O)C12CC=CC2. The second-order valence-electron chi connectivity index (χ2n) is 6.11. The molecule has 0 radical (unpaired) electrons. The molecule has 1 aromatic rings. The first-order valence-corrected chi connectivity index (χ1v) is 8.15. The Morgan fingerprint density at radius 2 is 1.88 bits per heavy atom. The molecule has 2 aliphatic rings. The predicted molar refractivity (Wildman–Crippen MR) is 91.4 cm³/mol. The van der Waals surface area contributed by atoms with E-state index >= 15 is 0 Å². The Bertz CT molecular complexity index is 731. The van der Waals surface area contributed by atoms with E-state index in [4.69, 9.17) is 0 Å². The molecule has 3 amide bonds. The Morgan fingerprint density at radius 1 is 1.20 bits per heavy atom. The van der Waals surface area contributed by atoms with Crippen molar-refractivity contribution in [1.29, 1.82) is 0 Å². The van der Waals surface area contributed by atoms with Crippen LogP contribution in [0.15, 0.2) is 54.6 Å². The van der Waals surface area contributed by atoms with Gasteiger partial charge in [0, 0.05) is 12.6 Å². The lowest BCUT2D eigenvalue weighted by atomic mass is 9.94. The van der Waals surface area contributed by atoms with Gasteiger partial charge in [-0.1, -0.05) is 48.6 Å². The summed E-state index contributed by atoms with van der Waals surface area (Å²) in [5.41, 5.74) is 0.0315. The van der Waals surface area contributed by atoms with Gasteiger partial charge in [0.1, 0.15) is 5.54 Å². The minimum absolute atomic E-state index is 0.183. The molecule has 1 aliphatic carbocycles. The van der Waals surface area contributed by atoms with Crippen molar-refractivity contribution in [3.8, 4) is 0 Å². The van der Waals surface area contributed by atoms with E-state index < -0.39 is 11.5 Å². The van der Waals surface area contributed by atoms with Crippen molar-refractivity contribution < 1.29 is 19.1 Å². The van der Waals surface area contributed by atoms with Gasteiger partial charge in [0.15, 0.2) is 0 Å². The molecule has 0 atom stereocenters. The molecule has 6 heteroatoms. The first-order valence-electron chi connectivity index (χ1n) is 8.15. The fourth-order valence-corrected chi connectivity index (χ4v) is 3.30. The summed E-state index contributed by atoms with van der Waals surface area (Å²) in [4.78, 5) is 40.0. The molecule has 0 aromatic heterocycles. The van der Waals surface area contributed by atoms with Gasteiger partial charge < -0.3 is 9.64 Å². The molecular formula is C19H20N2O4. The molecule has 1 heterocycles. The maximum absolute atomic E-state index is 13.0. The fraction of sp³-hybridized carbons (Fsp3) is 0.316. The largest absolute Gasteiger partial charge is 0.466 e. The van der Waals surface area contributed by atoms with Crippen LogP contribution in [0.1, 0.15) is 18.4 Å². The molecule has 1 saturated heterocycles. The number of benzene rings is 1. The van der Waals surface area contributed by atoms with E-state index in [9.17, 15) is 14.4 Å². The van der Waals surface area contributed by atoms with E-state index in [0.29, 0.717) is 12.8 Å². The lowest BCUT2D eigenvalue weighted by Gasteiger charge is -2.30. The average Bonchev–Trinajstić information content (AvgIpc) is 3.19. The zero-order chi connectivity index (χ0) is 17.9. The van der Waals surface area contributed by atoms with Gasteiger partial charge in [-0.15, -0.1) is 0 Å². The predicted octanol–water partition coefficient (Wildman–Crippen LogP) is 2.27. The van der Waals surface area contributed by atoms with Gasteiger partial charge in [0.25, 0.3) is 5.91 Å². The van der Waals surface area contributed by atoms with Crippen LogP contribution in [0.4, 0.5) is 4.79 Å². The van der Waals surface area contributed by atoms with Crippen molar-refractivity contribution in [1.82, 2.24) is 9.80 Å². The summed E-state index contributed by atoms with van der Waals surface area (Å²) in [6.07, 6.45) is 7.67. The smallest absolute Gasteiger partial charge is 0.330 e. The first-order chi connectivity index (χ1) is 12.1. The van der Waals surface area contributed by atoms with Crippen LogP contribution < -0.4 is 0 Å². The number of imide groups is 1. The highest BCUT2D eigenvalue weighted by Crippen LogP contribution is 2.39. The zero-order valence-corrected chi connectivity index (χ0v) is 14.1. The maximum atomic E-state index is 13.0. The second-order valence-corrected chi connectivity index (χ2v) is 6.11. The van der Waals surface area contributed by atoms with E-state index in [1.54, 1.807) is 11.0 Å². The number of carbonyl (C=O) groups excluding carboxylic acids is 3. The fourth-order valence-electron chi connectivity index (χ4n) is 3.30. The number of hydrogen-bond acceptors (Lipinski definition) is 4. The Balaban J connectivity index is 1.83. The number of esters is 1. The number of amides is 3. The van der Waals surface area contributed by atoms with Crippen LogP contribution in [0.2, 0.25) is 0 Å². The van der Waals surface area contributed by atoms with Crippen molar-refractivity contribution in [3.05, 3.63) is 60.2 Å². The quantitative estimate of drug-likeness (QED) is 0.357. The molecule has 1 aliphatic heterocycles. The molecule has 0 bridgehead atoms. The van der Waals surface area contributed by atoms with Crippen LogP contribution in [-0.4, -0.2) is 46.9 Å². The lowest BCUT2D eigenvalue weighted by Crippen LogP contribution is -2.47. The van der Waals surface area contributed by atoms with Gasteiger partial charge in [-0.05, 0) is 18.4 Å². The molecule has 25 heavy (non-hydrogen) atoms. The highest BCUT2D eigenvalue weighted by molar-refractivity contribution is 6.07. The standard InChI is InChI=1S/C19H20N2O4/c1-25-16(22)10-7-13-21-18(24)20(14-15-8-3-2-4-9-15)17(23)19(21)11-5-6-12-19/h2-10H,11-14H2,1H3/b10-7+. The third-order valence-corrected chi connectivity index (χ3v) is 4.63. The Morgan fingerprint density at radius 3 is 2.52 bits per heavy atom. The van der Waals surface area contributed by atoms with Gasteiger partial charge in [0.2, 0.25) is 0 Å². The highest BCUT2D eigenvalue weighted by Gasteiger charge is 2.56. The lowest BCUT2D eigenvalue weighted by molar-refractivity contribution is -0.135. The maximum Gasteiger partial charge on any atom is 0.330 e. The summed E-state index contributed by atoms with van der Waals surface area (Å²) < 4.78 is 4.56. The number of methoxy groups -OCH3 is 1. The normalized spacial score (nSPS) is 18.8. The van der Waals surface area contributed by atoms with Gasteiger partial charge in [0.05, 0.1) is 13.7 Å². The average molecular weight is 340 g/mol. The Hall–Kier alpha value is -2.89. The van der Waals surface area contributed by atoms with Crippen molar-refractivity contribution in [2.45, 2.75) is 24.9 Å². The molecule has 130 valence electrons. The number of hydrogen-bond donors (Lipinski definition) is 0. The van der Waals surface area contributed by atoms with E-state index in [1.165, 1.54) is 18.1 Å². The van der Waals surface area contributed by atoms with Crippen LogP contribution in [-0.2, 0) is 20.9 Å². The van der Waals surface area contributed by atoms with Crippen LogP contribution in [0, 0.1) is 0 Å². The summed E-state index contributed by atoms with van der Waals surface area (Å²) >= 11 is 0.